The van der Waals surface area contributed by atoms with Crippen LogP contribution < -0.4 is 0 Å². The molecule has 1 aromatic heterocycles. The minimum Gasteiger partial charge on any atom is -0.229 e. The zero-order valence-corrected chi connectivity index (χ0v) is 12.4. The zero-order chi connectivity index (χ0) is 15.1. The summed E-state index contributed by atoms with van der Waals surface area (Å²) in [6.07, 6.45) is 0. The van der Waals surface area contributed by atoms with Crippen molar-refractivity contribution in [2.75, 3.05) is 0 Å². The lowest BCUT2D eigenvalue weighted by Gasteiger charge is -2.06. The van der Waals surface area contributed by atoms with Gasteiger partial charge in [0.05, 0.1) is 15.1 Å². The number of benzene rings is 2. The van der Waals surface area contributed by atoms with Crippen molar-refractivity contribution in [2.24, 2.45) is 0 Å². The number of hydrogen-bond acceptors (Lipinski definition) is 3. The van der Waals surface area contributed by atoms with Gasteiger partial charge in [-0.1, -0.05) is 35.5 Å². The van der Waals surface area contributed by atoms with Gasteiger partial charge in [0.15, 0.2) is 27.6 Å². The van der Waals surface area contributed by atoms with Gasteiger partial charge in [-0.25, -0.2) is 22.5 Å². The van der Waals surface area contributed by atoms with E-state index in [1.54, 1.807) is 24.3 Å². The predicted octanol–water partition coefficient (Wildman–Crippen LogP) is 5.66. The van der Waals surface area contributed by atoms with Crippen LogP contribution in [-0.2, 0) is 0 Å². The molecule has 8 heteroatoms. The molecular formula is C13H4ClF4NS2. The van der Waals surface area contributed by atoms with E-state index in [-0.39, 0.29) is 4.34 Å². The topological polar surface area (TPSA) is 12.9 Å². The molecular weight excluding hydrogens is 346 g/mol. The maximum absolute atomic E-state index is 13.7. The lowest BCUT2D eigenvalue weighted by molar-refractivity contribution is 0.426. The van der Waals surface area contributed by atoms with Crippen LogP contribution >= 0.6 is 34.7 Å². The third-order valence-corrected chi connectivity index (χ3v) is 5.12. The Bertz CT molecular complexity index is 788. The molecule has 0 atom stereocenters. The first-order valence-corrected chi connectivity index (χ1v) is 7.55. The van der Waals surface area contributed by atoms with E-state index in [2.05, 4.69) is 4.98 Å². The van der Waals surface area contributed by atoms with Crippen molar-refractivity contribution < 1.29 is 17.6 Å². The average Bonchev–Trinajstić information content (AvgIpc) is 2.90. The van der Waals surface area contributed by atoms with E-state index in [1.165, 1.54) is 11.3 Å². The van der Waals surface area contributed by atoms with E-state index in [4.69, 9.17) is 11.6 Å². The summed E-state index contributed by atoms with van der Waals surface area (Å²) in [5.41, 5.74) is 0.640. The molecule has 1 heterocycles. The number of para-hydroxylation sites is 1. The lowest BCUT2D eigenvalue weighted by atomic mass is 10.3. The molecule has 3 aromatic rings. The molecule has 0 amide bonds. The number of thiazole rings is 1. The standard InChI is InChI=1S/C13H4ClF4NS2/c14-7-8(15)10(17)12(11(18)9(7)16)21-13-19-5-3-1-2-4-6(5)20-13/h1-4H. The summed E-state index contributed by atoms with van der Waals surface area (Å²) in [5, 5.41) is -1.20. The average molecular weight is 350 g/mol. The highest BCUT2D eigenvalue weighted by Gasteiger charge is 2.25. The Hall–Kier alpha value is -1.31. The van der Waals surface area contributed by atoms with Crippen LogP contribution in [0.1, 0.15) is 0 Å². The Balaban J connectivity index is 2.09. The first kappa shape index (κ1) is 14.6. The van der Waals surface area contributed by atoms with Crippen LogP contribution in [0.2, 0.25) is 5.02 Å². The Kier molecular flexibility index (Phi) is 3.81. The normalized spacial score (nSPS) is 11.3. The number of nitrogens with zero attached hydrogens (tertiary/aromatic N) is 1. The van der Waals surface area contributed by atoms with E-state index < -0.39 is 33.2 Å². The van der Waals surface area contributed by atoms with Crippen LogP contribution in [0.5, 0.6) is 0 Å². The van der Waals surface area contributed by atoms with Gasteiger partial charge in [0, 0.05) is 0 Å². The maximum Gasteiger partial charge on any atom is 0.181 e. The number of halogens is 5. The minimum atomic E-state index is -1.61. The van der Waals surface area contributed by atoms with E-state index >= 15 is 0 Å². The first-order valence-electron chi connectivity index (χ1n) is 5.54. The largest absolute Gasteiger partial charge is 0.229 e. The fourth-order valence-electron chi connectivity index (χ4n) is 1.66. The van der Waals surface area contributed by atoms with Crippen LogP contribution in [0.25, 0.3) is 10.2 Å². The second kappa shape index (κ2) is 5.47. The molecule has 0 saturated heterocycles. The van der Waals surface area contributed by atoms with Crippen LogP contribution in [0, 0.1) is 23.3 Å². The first-order chi connectivity index (χ1) is 9.99. The van der Waals surface area contributed by atoms with Crippen LogP contribution in [0.3, 0.4) is 0 Å². The molecule has 0 aliphatic heterocycles. The minimum absolute atomic E-state index is 0.273. The zero-order valence-electron chi connectivity index (χ0n) is 9.96. The molecule has 0 N–H and O–H groups in total. The Morgan fingerprint density at radius 2 is 1.57 bits per heavy atom. The number of aromatic nitrogens is 1. The number of rotatable bonds is 2. The molecule has 0 unspecified atom stereocenters. The fraction of sp³-hybridized carbons (Fsp3) is 0. The van der Waals surface area contributed by atoms with E-state index in [1.807, 2.05) is 0 Å². The van der Waals surface area contributed by atoms with Gasteiger partial charge in [0.2, 0.25) is 0 Å². The fourth-order valence-corrected chi connectivity index (χ4v) is 3.88. The van der Waals surface area contributed by atoms with E-state index in [0.29, 0.717) is 17.3 Å². The summed E-state index contributed by atoms with van der Waals surface area (Å²) >= 11 is 6.86. The SMILES string of the molecule is Fc1c(F)c(Sc2nc3ccccc3s2)c(F)c(F)c1Cl. The van der Waals surface area contributed by atoms with Crippen molar-refractivity contribution in [3.05, 3.63) is 52.6 Å². The van der Waals surface area contributed by atoms with Gasteiger partial charge < -0.3 is 0 Å². The van der Waals surface area contributed by atoms with Crippen LogP contribution in [-0.4, -0.2) is 4.98 Å². The molecule has 0 radical (unpaired) electrons. The number of fused-ring (bicyclic) bond motifs is 1. The van der Waals surface area contributed by atoms with E-state index in [9.17, 15) is 17.6 Å². The van der Waals surface area contributed by atoms with Gasteiger partial charge in [0.25, 0.3) is 0 Å². The lowest BCUT2D eigenvalue weighted by Crippen LogP contribution is -1.99. The molecule has 0 aliphatic carbocycles. The second-order valence-electron chi connectivity index (χ2n) is 3.95. The Morgan fingerprint density at radius 1 is 0.952 bits per heavy atom. The summed E-state index contributed by atoms with van der Waals surface area (Å²) in [6.45, 7) is 0. The van der Waals surface area contributed by atoms with Crippen LogP contribution in [0.15, 0.2) is 33.5 Å². The molecule has 1 nitrogen and oxygen atoms in total. The summed E-state index contributed by atoms with van der Waals surface area (Å²) < 4.78 is 55.3. The van der Waals surface area contributed by atoms with Crippen molar-refractivity contribution in [3.63, 3.8) is 0 Å². The number of hydrogen-bond donors (Lipinski definition) is 0. The van der Waals surface area contributed by atoms with Crippen molar-refractivity contribution >= 4 is 44.9 Å². The molecule has 2 aromatic carbocycles. The summed E-state index contributed by atoms with van der Waals surface area (Å²) in [7, 11) is 0. The third kappa shape index (κ3) is 2.49. The van der Waals surface area contributed by atoms with Gasteiger partial charge in [-0.05, 0) is 12.1 Å². The summed E-state index contributed by atoms with van der Waals surface area (Å²) in [6, 6.07) is 7.06. The molecule has 21 heavy (non-hydrogen) atoms. The van der Waals surface area contributed by atoms with Gasteiger partial charge in [-0.2, -0.15) is 0 Å². The highest BCUT2D eigenvalue weighted by molar-refractivity contribution is 8.01. The summed E-state index contributed by atoms with van der Waals surface area (Å²) in [5.74, 6) is -6.27. The Morgan fingerprint density at radius 3 is 2.19 bits per heavy atom. The molecule has 0 spiro atoms. The molecule has 3 rings (SSSR count). The maximum atomic E-state index is 13.7. The highest BCUT2D eigenvalue weighted by Crippen LogP contribution is 2.40. The van der Waals surface area contributed by atoms with Gasteiger partial charge in [-0.3, -0.25) is 0 Å². The van der Waals surface area contributed by atoms with Crippen LogP contribution in [0.4, 0.5) is 17.6 Å². The molecule has 0 bridgehead atoms. The Labute approximate surface area is 129 Å². The summed E-state index contributed by atoms with van der Waals surface area (Å²) in [4.78, 5) is 3.34. The van der Waals surface area contributed by atoms with Crippen molar-refractivity contribution in [1.29, 1.82) is 0 Å². The monoisotopic (exact) mass is 349 g/mol. The van der Waals surface area contributed by atoms with Gasteiger partial charge in [-0.15, -0.1) is 11.3 Å². The molecule has 0 saturated carbocycles. The van der Waals surface area contributed by atoms with Crippen molar-refractivity contribution in [2.45, 2.75) is 9.24 Å². The predicted molar refractivity (Wildman–Crippen MR) is 75.0 cm³/mol. The quantitative estimate of drug-likeness (QED) is 0.336. The smallest absolute Gasteiger partial charge is 0.181 e. The van der Waals surface area contributed by atoms with Crippen molar-refractivity contribution in [1.82, 2.24) is 4.98 Å². The highest BCUT2D eigenvalue weighted by atomic mass is 35.5. The van der Waals surface area contributed by atoms with Gasteiger partial charge in [0.1, 0.15) is 5.02 Å². The molecule has 0 fully saturated rings. The van der Waals surface area contributed by atoms with Gasteiger partial charge >= 0.3 is 0 Å². The third-order valence-electron chi connectivity index (χ3n) is 2.63. The van der Waals surface area contributed by atoms with Crippen molar-refractivity contribution in [3.8, 4) is 0 Å². The second-order valence-corrected chi connectivity index (χ2v) is 6.61. The van der Waals surface area contributed by atoms with E-state index in [0.717, 1.165) is 4.70 Å². The molecule has 108 valence electrons. The molecule has 0 aliphatic rings.